The molecule has 0 amide bonds. The molecule has 3 aromatic rings. The van der Waals surface area contributed by atoms with E-state index in [1.807, 2.05) is 6.07 Å². The number of ether oxygens (including phenoxy) is 1. The van der Waals surface area contributed by atoms with Crippen molar-refractivity contribution in [3.63, 3.8) is 0 Å². The van der Waals surface area contributed by atoms with Crippen molar-refractivity contribution >= 4 is 46.4 Å². The van der Waals surface area contributed by atoms with Crippen molar-refractivity contribution in [1.82, 2.24) is 0 Å². The fourth-order valence-corrected chi connectivity index (χ4v) is 4.96. The minimum atomic E-state index is -4.91. The van der Waals surface area contributed by atoms with Crippen LogP contribution in [-0.4, -0.2) is 11.9 Å². The molecule has 5 nitrogen and oxygen atoms in total. The minimum Gasteiger partial charge on any atom is -0.453 e. The number of benzene rings is 3. The molecule has 0 bridgehead atoms. The van der Waals surface area contributed by atoms with Crippen LogP contribution in [0.25, 0.3) is 16.7 Å². The summed E-state index contributed by atoms with van der Waals surface area (Å²) in [4.78, 5) is 0. The highest BCUT2D eigenvalue weighted by atomic mass is 35.5. The SMILES string of the molecule is N#CC1=NN=CC1=C1c2cccc(N)c2Oc2c(C(F)(F)F)ccc(-c3c(Cl)cc(C(F)(F)F)cc3Cl)c21. The van der Waals surface area contributed by atoms with E-state index in [4.69, 9.17) is 33.7 Å². The summed E-state index contributed by atoms with van der Waals surface area (Å²) in [5.41, 5.74) is 3.26. The van der Waals surface area contributed by atoms with Gasteiger partial charge in [0, 0.05) is 27.8 Å². The number of allylic oxidation sites excluding steroid dienone is 1. The molecule has 0 fully saturated rings. The number of nitrogens with two attached hydrogens (primary N) is 1. The van der Waals surface area contributed by atoms with E-state index in [1.165, 1.54) is 24.4 Å². The Morgan fingerprint density at radius 2 is 1.55 bits per heavy atom. The second kappa shape index (κ2) is 8.79. The Labute approximate surface area is 220 Å². The number of fused-ring (bicyclic) bond motifs is 2. The number of alkyl halides is 6. The van der Waals surface area contributed by atoms with Gasteiger partial charge in [0.15, 0.2) is 11.5 Å². The molecule has 0 saturated heterocycles. The van der Waals surface area contributed by atoms with Gasteiger partial charge in [0.2, 0.25) is 0 Å². The third-order valence-corrected chi connectivity index (χ3v) is 6.44. The summed E-state index contributed by atoms with van der Waals surface area (Å²) in [5, 5.41) is 16.1. The van der Waals surface area contributed by atoms with Gasteiger partial charge in [0.25, 0.3) is 0 Å². The Bertz CT molecular complexity index is 1640. The van der Waals surface area contributed by atoms with E-state index in [2.05, 4.69) is 10.2 Å². The average molecular weight is 567 g/mol. The Morgan fingerprint density at radius 1 is 0.868 bits per heavy atom. The lowest BCUT2D eigenvalue weighted by Gasteiger charge is -2.30. The monoisotopic (exact) mass is 566 g/mol. The van der Waals surface area contributed by atoms with Crippen LogP contribution in [0.2, 0.25) is 10.0 Å². The van der Waals surface area contributed by atoms with Gasteiger partial charge in [-0.2, -0.15) is 36.7 Å². The Balaban J connectivity index is 1.95. The topological polar surface area (TPSA) is 83.8 Å². The highest BCUT2D eigenvalue weighted by Crippen LogP contribution is 2.56. The van der Waals surface area contributed by atoms with Crippen LogP contribution >= 0.6 is 23.2 Å². The quantitative estimate of drug-likeness (QED) is 0.186. The van der Waals surface area contributed by atoms with Crippen LogP contribution in [0.15, 0.2) is 58.2 Å². The first-order valence-corrected chi connectivity index (χ1v) is 11.2. The summed E-state index contributed by atoms with van der Waals surface area (Å²) in [6.45, 7) is 0. The van der Waals surface area contributed by atoms with Gasteiger partial charge >= 0.3 is 12.4 Å². The largest absolute Gasteiger partial charge is 0.453 e. The first-order chi connectivity index (χ1) is 17.8. The van der Waals surface area contributed by atoms with Crippen molar-refractivity contribution in [2.24, 2.45) is 10.2 Å². The molecule has 38 heavy (non-hydrogen) atoms. The predicted octanol–water partition coefficient (Wildman–Crippen LogP) is 8.15. The van der Waals surface area contributed by atoms with Crippen LogP contribution in [0.4, 0.5) is 32.0 Å². The maximum absolute atomic E-state index is 14.2. The standard InChI is InChI=1S/C25H10Cl2F6N4O/c26-15-6-10(24(28,29)30)7-16(27)20(15)11-4-5-14(25(31,32)33)23-21(11)19(13-9-36-37-18(13)8-34)12-2-1-3-17(35)22(12)38-23/h1-7,9H,35H2. The zero-order chi connectivity index (χ0) is 27.6. The number of halogens is 8. The van der Waals surface area contributed by atoms with Crippen LogP contribution in [0.5, 0.6) is 11.5 Å². The normalized spacial score (nSPS) is 16.4. The molecule has 0 saturated carbocycles. The second-order valence-electron chi connectivity index (χ2n) is 8.09. The van der Waals surface area contributed by atoms with Gasteiger partial charge in [-0.05, 0) is 29.8 Å². The zero-order valence-electron chi connectivity index (χ0n) is 18.5. The van der Waals surface area contributed by atoms with Crippen molar-refractivity contribution < 1.29 is 31.1 Å². The number of hydrogen-bond acceptors (Lipinski definition) is 5. The van der Waals surface area contributed by atoms with Gasteiger partial charge in [-0.1, -0.05) is 41.4 Å². The van der Waals surface area contributed by atoms with E-state index in [0.29, 0.717) is 18.2 Å². The van der Waals surface area contributed by atoms with Crippen molar-refractivity contribution in [3.05, 3.63) is 80.3 Å². The molecule has 0 aromatic heterocycles. The lowest BCUT2D eigenvalue weighted by molar-refractivity contribution is -0.139. The third kappa shape index (κ3) is 4.06. The molecule has 2 aliphatic rings. The van der Waals surface area contributed by atoms with Crippen molar-refractivity contribution in [2.45, 2.75) is 12.4 Å². The Hall–Kier alpha value is -4.01. The molecule has 0 unspecified atom stereocenters. The highest BCUT2D eigenvalue weighted by molar-refractivity contribution is 6.40. The van der Waals surface area contributed by atoms with E-state index >= 15 is 0 Å². The summed E-state index contributed by atoms with van der Waals surface area (Å²) in [7, 11) is 0. The molecule has 0 aliphatic carbocycles. The van der Waals surface area contributed by atoms with Gasteiger partial charge in [-0.3, -0.25) is 0 Å². The zero-order valence-corrected chi connectivity index (χ0v) is 20.0. The van der Waals surface area contributed by atoms with E-state index < -0.39 is 39.3 Å². The average Bonchev–Trinajstić information content (AvgIpc) is 3.30. The fraction of sp³-hybridized carbons (Fsp3) is 0.0800. The van der Waals surface area contributed by atoms with Crippen molar-refractivity contribution in [2.75, 3.05) is 5.73 Å². The Kier molecular flexibility index (Phi) is 5.93. The van der Waals surface area contributed by atoms with Gasteiger partial charge in [0.05, 0.1) is 33.1 Å². The molecule has 5 rings (SSSR count). The summed E-state index contributed by atoms with van der Waals surface area (Å²) in [5.74, 6) is -0.820. The van der Waals surface area contributed by atoms with Gasteiger partial charge < -0.3 is 10.5 Å². The van der Waals surface area contributed by atoms with Crippen molar-refractivity contribution in [3.8, 4) is 28.7 Å². The molecule has 0 atom stereocenters. The maximum atomic E-state index is 14.2. The second-order valence-corrected chi connectivity index (χ2v) is 8.91. The van der Waals surface area contributed by atoms with Crippen LogP contribution in [0.1, 0.15) is 22.3 Å². The smallest absolute Gasteiger partial charge is 0.420 e. The lowest BCUT2D eigenvalue weighted by Crippen LogP contribution is -2.16. The first-order valence-electron chi connectivity index (χ1n) is 10.5. The fourth-order valence-electron chi connectivity index (χ4n) is 4.27. The van der Waals surface area contributed by atoms with Crippen LogP contribution < -0.4 is 10.5 Å². The third-order valence-electron chi connectivity index (χ3n) is 5.85. The van der Waals surface area contributed by atoms with Gasteiger partial charge in [-0.15, -0.1) is 5.10 Å². The van der Waals surface area contributed by atoms with Crippen LogP contribution in [0.3, 0.4) is 0 Å². The predicted molar refractivity (Wildman–Crippen MR) is 130 cm³/mol. The number of para-hydroxylation sites is 1. The van der Waals surface area contributed by atoms with E-state index in [0.717, 1.165) is 6.07 Å². The first kappa shape index (κ1) is 25.6. The van der Waals surface area contributed by atoms with E-state index in [9.17, 15) is 31.6 Å². The number of hydrogen-bond donors (Lipinski definition) is 1. The molecule has 2 N–H and O–H groups in total. The molecular weight excluding hydrogens is 557 g/mol. The van der Waals surface area contributed by atoms with E-state index in [1.54, 1.807) is 0 Å². The van der Waals surface area contributed by atoms with Crippen LogP contribution in [0, 0.1) is 11.3 Å². The molecular formula is C25H10Cl2F6N4O. The number of rotatable bonds is 1. The van der Waals surface area contributed by atoms with Gasteiger partial charge in [0.1, 0.15) is 11.8 Å². The minimum absolute atomic E-state index is 0.000699. The molecule has 2 heterocycles. The molecule has 13 heteroatoms. The van der Waals surface area contributed by atoms with Crippen molar-refractivity contribution in [1.29, 1.82) is 5.26 Å². The summed E-state index contributed by atoms with van der Waals surface area (Å²) >= 11 is 12.5. The number of nitrogen functional groups attached to an aromatic ring is 1. The maximum Gasteiger partial charge on any atom is 0.420 e. The molecule has 192 valence electrons. The number of anilines is 1. The molecule has 0 radical (unpaired) electrons. The summed E-state index contributed by atoms with van der Waals surface area (Å²) in [6.07, 6.45) is -8.52. The highest BCUT2D eigenvalue weighted by Gasteiger charge is 2.41. The van der Waals surface area contributed by atoms with Crippen LogP contribution in [-0.2, 0) is 12.4 Å². The number of nitrogens with zero attached hydrogens (tertiary/aromatic N) is 3. The molecule has 2 aliphatic heterocycles. The summed E-state index contributed by atoms with van der Waals surface area (Å²) in [6, 6.07) is 9.23. The Morgan fingerprint density at radius 3 is 2.16 bits per heavy atom. The molecule has 3 aromatic carbocycles. The molecule has 0 spiro atoms. The lowest BCUT2D eigenvalue weighted by atomic mass is 9.82. The van der Waals surface area contributed by atoms with Gasteiger partial charge in [-0.25, -0.2) is 0 Å². The number of nitriles is 1. The summed E-state index contributed by atoms with van der Waals surface area (Å²) < 4.78 is 88.3. The van der Waals surface area contributed by atoms with E-state index in [-0.39, 0.29) is 50.5 Å².